The van der Waals surface area contributed by atoms with Crippen molar-refractivity contribution in [3.05, 3.63) is 64.5 Å². The van der Waals surface area contributed by atoms with E-state index in [9.17, 15) is 9.18 Å². The lowest BCUT2D eigenvalue weighted by Gasteiger charge is -2.07. The number of rotatable bonds is 2. The first-order chi connectivity index (χ1) is 8.49. The minimum atomic E-state index is -0.522. The van der Waals surface area contributed by atoms with Crippen molar-refractivity contribution in [2.24, 2.45) is 0 Å². The van der Waals surface area contributed by atoms with Gasteiger partial charge >= 0.3 is 0 Å². The van der Waals surface area contributed by atoms with E-state index in [1.165, 1.54) is 6.07 Å². The van der Waals surface area contributed by atoms with Gasteiger partial charge in [-0.05, 0) is 38.1 Å². The smallest absolute Gasteiger partial charge is 0.198 e. The molecule has 0 aliphatic heterocycles. The highest BCUT2D eigenvalue weighted by Crippen LogP contribution is 2.20. The summed E-state index contributed by atoms with van der Waals surface area (Å²) < 4.78 is 13.7. The Labute approximate surface area is 105 Å². The number of ketones is 1. The molecule has 0 aliphatic carbocycles. The Balaban J connectivity index is 2.54. The molecule has 2 aromatic rings. The Morgan fingerprint density at radius 1 is 1.00 bits per heavy atom. The van der Waals surface area contributed by atoms with Crippen molar-refractivity contribution >= 4 is 11.5 Å². The Hall–Kier alpha value is -2.16. The second-order valence-electron chi connectivity index (χ2n) is 4.40. The summed E-state index contributed by atoms with van der Waals surface area (Å²) in [5, 5.41) is 0. The SMILES string of the molecule is Cc1ccc(N)c(C(=O)c2cc(C)ccc2F)c1. The molecule has 2 rings (SSSR count). The maximum Gasteiger partial charge on any atom is 0.198 e. The van der Waals surface area contributed by atoms with Crippen LogP contribution in [0.15, 0.2) is 36.4 Å². The molecule has 0 fully saturated rings. The van der Waals surface area contributed by atoms with E-state index >= 15 is 0 Å². The molecule has 0 heterocycles. The van der Waals surface area contributed by atoms with Crippen LogP contribution in [0.1, 0.15) is 27.0 Å². The Morgan fingerprint density at radius 3 is 2.22 bits per heavy atom. The number of nitrogen functional groups attached to an aromatic ring is 1. The predicted octanol–water partition coefficient (Wildman–Crippen LogP) is 3.26. The number of carbonyl (C=O) groups is 1. The van der Waals surface area contributed by atoms with Gasteiger partial charge in [0.2, 0.25) is 0 Å². The first-order valence-electron chi connectivity index (χ1n) is 5.66. The Kier molecular flexibility index (Phi) is 3.15. The van der Waals surface area contributed by atoms with E-state index in [1.54, 1.807) is 24.3 Å². The fraction of sp³-hybridized carbons (Fsp3) is 0.133. The monoisotopic (exact) mass is 243 g/mol. The quantitative estimate of drug-likeness (QED) is 0.650. The zero-order valence-electron chi connectivity index (χ0n) is 10.3. The number of halogens is 1. The average molecular weight is 243 g/mol. The molecule has 2 nitrogen and oxygen atoms in total. The van der Waals surface area contributed by atoms with Crippen molar-refractivity contribution in [2.75, 3.05) is 5.73 Å². The zero-order valence-corrected chi connectivity index (χ0v) is 10.3. The summed E-state index contributed by atoms with van der Waals surface area (Å²) in [4.78, 5) is 12.3. The molecule has 0 radical (unpaired) electrons. The highest BCUT2D eigenvalue weighted by Gasteiger charge is 2.16. The maximum atomic E-state index is 13.7. The maximum absolute atomic E-state index is 13.7. The van der Waals surface area contributed by atoms with E-state index in [4.69, 9.17) is 5.73 Å². The van der Waals surface area contributed by atoms with E-state index in [0.29, 0.717) is 11.3 Å². The fourth-order valence-electron chi connectivity index (χ4n) is 1.82. The van der Waals surface area contributed by atoms with Crippen LogP contribution in [0.2, 0.25) is 0 Å². The van der Waals surface area contributed by atoms with Crippen molar-refractivity contribution < 1.29 is 9.18 Å². The molecular formula is C15H14FNO. The van der Waals surface area contributed by atoms with Crippen LogP contribution < -0.4 is 5.73 Å². The van der Waals surface area contributed by atoms with Crippen LogP contribution in [0.5, 0.6) is 0 Å². The summed E-state index contributed by atoms with van der Waals surface area (Å²) in [6.07, 6.45) is 0. The van der Waals surface area contributed by atoms with Crippen LogP contribution >= 0.6 is 0 Å². The third-order valence-electron chi connectivity index (χ3n) is 2.82. The van der Waals surface area contributed by atoms with E-state index in [-0.39, 0.29) is 11.3 Å². The van der Waals surface area contributed by atoms with E-state index in [1.807, 2.05) is 19.9 Å². The highest BCUT2D eigenvalue weighted by atomic mass is 19.1. The largest absolute Gasteiger partial charge is 0.398 e. The number of anilines is 1. The standard InChI is InChI=1S/C15H14FNO/c1-9-3-5-13(16)11(7-9)15(18)12-8-10(2)4-6-14(12)17/h3-8H,17H2,1-2H3. The fourth-order valence-corrected chi connectivity index (χ4v) is 1.82. The van der Waals surface area contributed by atoms with Gasteiger partial charge in [0.1, 0.15) is 5.82 Å². The molecule has 0 saturated heterocycles. The lowest BCUT2D eigenvalue weighted by atomic mass is 9.98. The first-order valence-corrected chi connectivity index (χ1v) is 5.66. The van der Waals surface area contributed by atoms with Gasteiger partial charge in [0.15, 0.2) is 5.78 Å². The summed E-state index contributed by atoms with van der Waals surface area (Å²) in [6, 6.07) is 9.63. The minimum Gasteiger partial charge on any atom is -0.398 e. The van der Waals surface area contributed by atoms with Crippen molar-refractivity contribution in [2.45, 2.75) is 13.8 Å². The summed E-state index contributed by atoms with van der Waals surface area (Å²) >= 11 is 0. The summed E-state index contributed by atoms with van der Waals surface area (Å²) in [5.74, 6) is -0.899. The van der Waals surface area contributed by atoms with Gasteiger partial charge in [-0.1, -0.05) is 23.3 Å². The molecule has 0 spiro atoms. The lowest BCUT2D eigenvalue weighted by Crippen LogP contribution is -2.08. The number of hydrogen-bond acceptors (Lipinski definition) is 2. The van der Waals surface area contributed by atoms with Crippen molar-refractivity contribution in [1.29, 1.82) is 0 Å². The Bertz CT molecular complexity index is 566. The minimum absolute atomic E-state index is 0.0623. The van der Waals surface area contributed by atoms with Crippen LogP contribution in [-0.2, 0) is 0 Å². The average Bonchev–Trinajstić information content (AvgIpc) is 2.34. The molecule has 2 aromatic carbocycles. The van der Waals surface area contributed by atoms with Crippen molar-refractivity contribution in [1.82, 2.24) is 0 Å². The van der Waals surface area contributed by atoms with E-state index in [2.05, 4.69) is 0 Å². The van der Waals surface area contributed by atoms with Crippen molar-refractivity contribution in [3.8, 4) is 0 Å². The zero-order chi connectivity index (χ0) is 13.3. The molecule has 92 valence electrons. The van der Waals surface area contributed by atoms with Crippen LogP contribution in [0.3, 0.4) is 0 Å². The second-order valence-corrected chi connectivity index (χ2v) is 4.40. The lowest BCUT2D eigenvalue weighted by molar-refractivity contribution is 0.103. The molecule has 0 saturated carbocycles. The molecule has 0 aliphatic rings. The third kappa shape index (κ3) is 2.25. The first kappa shape index (κ1) is 12.3. The molecule has 0 amide bonds. The third-order valence-corrected chi connectivity index (χ3v) is 2.82. The number of hydrogen-bond donors (Lipinski definition) is 1. The van der Waals surface area contributed by atoms with Crippen LogP contribution in [0.4, 0.5) is 10.1 Å². The van der Waals surface area contributed by atoms with Gasteiger partial charge in [-0.25, -0.2) is 4.39 Å². The summed E-state index contributed by atoms with van der Waals surface area (Å²) in [5.41, 5.74) is 8.30. The van der Waals surface area contributed by atoms with Crippen LogP contribution in [-0.4, -0.2) is 5.78 Å². The van der Waals surface area contributed by atoms with Gasteiger partial charge in [-0.2, -0.15) is 0 Å². The van der Waals surface area contributed by atoms with Crippen LogP contribution in [0.25, 0.3) is 0 Å². The second kappa shape index (κ2) is 4.61. The van der Waals surface area contributed by atoms with Gasteiger partial charge in [0, 0.05) is 11.3 Å². The Morgan fingerprint density at radius 2 is 1.56 bits per heavy atom. The molecule has 3 heteroatoms. The van der Waals surface area contributed by atoms with Gasteiger partial charge in [-0.15, -0.1) is 0 Å². The molecular weight excluding hydrogens is 229 g/mol. The summed E-state index contributed by atoms with van der Waals surface area (Å²) in [6.45, 7) is 3.68. The number of aryl methyl sites for hydroxylation is 2. The molecule has 0 atom stereocenters. The summed E-state index contributed by atoms with van der Waals surface area (Å²) in [7, 11) is 0. The number of carbonyl (C=O) groups excluding carboxylic acids is 1. The normalized spacial score (nSPS) is 10.4. The molecule has 0 bridgehead atoms. The van der Waals surface area contributed by atoms with Crippen molar-refractivity contribution in [3.63, 3.8) is 0 Å². The number of nitrogens with two attached hydrogens (primary N) is 1. The topological polar surface area (TPSA) is 43.1 Å². The van der Waals surface area contributed by atoms with E-state index < -0.39 is 5.82 Å². The van der Waals surface area contributed by atoms with E-state index in [0.717, 1.165) is 11.1 Å². The van der Waals surface area contributed by atoms with Gasteiger partial charge in [0.05, 0.1) is 5.56 Å². The molecule has 0 aromatic heterocycles. The van der Waals surface area contributed by atoms with Crippen LogP contribution in [0, 0.1) is 19.7 Å². The van der Waals surface area contributed by atoms with Gasteiger partial charge < -0.3 is 5.73 Å². The number of benzene rings is 2. The molecule has 18 heavy (non-hydrogen) atoms. The molecule has 0 unspecified atom stereocenters. The predicted molar refractivity (Wildman–Crippen MR) is 70.2 cm³/mol. The van der Waals surface area contributed by atoms with Gasteiger partial charge in [-0.3, -0.25) is 4.79 Å². The highest BCUT2D eigenvalue weighted by molar-refractivity contribution is 6.12. The van der Waals surface area contributed by atoms with Gasteiger partial charge in [0.25, 0.3) is 0 Å². The molecule has 2 N–H and O–H groups in total.